The van der Waals surface area contributed by atoms with Gasteiger partial charge in [0, 0.05) is 28.4 Å². The van der Waals surface area contributed by atoms with Crippen molar-refractivity contribution < 1.29 is 0 Å². The lowest BCUT2D eigenvalue weighted by Gasteiger charge is -2.38. The van der Waals surface area contributed by atoms with Crippen LogP contribution in [-0.2, 0) is 5.54 Å². The van der Waals surface area contributed by atoms with E-state index < -0.39 is 0 Å². The average Bonchev–Trinajstić information content (AvgIpc) is 3.22. The molecule has 2 aliphatic rings. The summed E-state index contributed by atoms with van der Waals surface area (Å²) >= 11 is 0. The maximum absolute atomic E-state index is 6.64. The predicted molar refractivity (Wildman–Crippen MR) is 145 cm³/mol. The summed E-state index contributed by atoms with van der Waals surface area (Å²) in [5, 5.41) is 3.54. The van der Waals surface area contributed by atoms with Crippen LogP contribution in [0.2, 0.25) is 0 Å². The molecular formula is C31H27N5. The van der Waals surface area contributed by atoms with Crippen molar-refractivity contribution >= 4 is 11.5 Å². The number of nitrogens with two attached hydrogens (primary N) is 1. The molecule has 3 aromatic carbocycles. The summed E-state index contributed by atoms with van der Waals surface area (Å²) < 4.78 is 2.26. The molecule has 0 bridgehead atoms. The fourth-order valence-corrected chi connectivity index (χ4v) is 5.49. The third-order valence-electron chi connectivity index (χ3n) is 7.60. The van der Waals surface area contributed by atoms with Crippen molar-refractivity contribution in [2.45, 2.75) is 31.7 Å². The topological polar surface area (TPSA) is 68.8 Å². The first-order chi connectivity index (χ1) is 17.6. The molecule has 0 radical (unpaired) electrons. The van der Waals surface area contributed by atoms with E-state index in [0.717, 1.165) is 63.9 Å². The van der Waals surface area contributed by atoms with Crippen LogP contribution in [0.25, 0.3) is 39.6 Å². The third-order valence-corrected chi connectivity index (χ3v) is 7.60. The first-order valence-electron chi connectivity index (χ1n) is 12.5. The van der Waals surface area contributed by atoms with Gasteiger partial charge in [0.05, 0.1) is 22.8 Å². The van der Waals surface area contributed by atoms with Gasteiger partial charge in [-0.05, 0) is 62.1 Å². The van der Waals surface area contributed by atoms with Crippen LogP contribution in [0.4, 0.5) is 11.5 Å². The molecule has 0 spiro atoms. The summed E-state index contributed by atoms with van der Waals surface area (Å²) in [6, 6.07) is 29.7. The lowest BCUT2D eigenvalue weighted by atomic mass is 9.72. The number of rotatable bonds is 3. The SMILES string of the molecule is Cc1cccc(-c2nc3n(c2-c2ccc(C4(N)CCC4)cc2)-c2cccnc2Nc2ccccc2-3)c1. The zero-order valence-corrected chi connectivity index (χ0v) is 20.2. The lowest BCUT2D eigenvalue weighted by Crippen LogP contribution is -2.43. The fourth-order valence-electron chi connectivity index (χ4n) is 5.49. The summed E-state index contributed by atoms with van der Waals surface area (Å²) in [7, 11) is 0. The van der Waals surface area contributed by atoms with Gasteiger partial charge in [-0.2, -0.15) is 0 Å². The van der Waals surface area contributed by atoms with Crippen molar-refractivity contribution in [3.8, 4) is 39.6 Å². The quantitative estimate of drug-likeness (QED) is 0.294. The van der Waals surface area contributed by atoms with Gasteiger partial charge < -0.3 is 11.1 Å². The number of pyridine rings is 1. The number of fused-ring (bicyclic) bond motifs is 5. The molecule has 176 valence electrons. The molecule has 0 unspecified atom stereocenters. The first kappa shape index (κ1) is 21.1. The van der Waals surface area contributed by atoms with Gasteiger partial charge in [-0.1, -0.05) is 60.2 Å². The van der Waals surface area contributed by atoms with E-state index in [1.807, 2.05) is 18.3 Å². The number of nitrogens with one attached hydrogen (secondary N) is 1. The van der Waals surface area contributed by atoms with Gasteiger partial charge in [0.2, 0.25) is 0 Å². The molecule has 36 heavy (non-hydrogen) atoms. The van der Waals surface area contributed by atoms with E-state index in [1.165, 1.54) is 17.5 Å². The molecule has 1 fully saturated rings. The minimum absolute atomic E-state index is 0.189. The summed E-state index contributed by atoms with van der Waals surface area (Å²) in [6.07, 6.45) is 5.11. The number of benzene rings is 3. The molecule has 5 nitrogen and oxygen atoms in total. The van der Waals surface area contributed by atoms with E-state index >= 15 is 0 Å². The van der Waals surface area contributed by atoms with E-state index in [4.69, 9.17) is 15.7 Å². The number of nitrogens with zero attached hydrogens (tertiary/aromatic N) is 3. The zero-order chi connectivity index (χ0) is 24.3. The molecule has 0 atom stereocenters. The number of aryl methyl sites for hydroxylation is 1. The molecule has 2 aromatic heterocycles. The molecule has 1 aliphatic carbocycles. The number of anilines is 2. The summed E-state index contributed by atoms with van der Waals surface area (Å²) in [5.74, 6) is 1.71. The first-order valence-corrected chi connectivity index (χ1v) is 12.5. The van der Waals surface area contributed by atoms with Gasteiger partial charge in [0.15, 0.2) is 5.82 Å². The van der Waals surface area contributed by atoms with E-state index in [-0.39, 0.29) is 5.54 Å². The van der Waals surface area contributed by atoms with Crippen LogP contribution in [0.3, 0.4) is 0 Å². The number of imidazole rings is 1. The molecule has 1 saturated carbocycles. The van der Waals surface area contributed by atoms with Crippen LogP contribution >= 0.6 is 0 Å². The second-order valence-electron chi connectivity index (χ2n) is 9.97. The van der Waals surface area contributed by atoms with Gasteiger partial charge >= 0.3 is 0 Å². The van der Waals surface area contributed by atoms with Crippen molar-refractivity contribution in [1.29, 1.82) is 0 Å². The highest BCUT2D eigenvalue weighted by atomic mass is 15.2. The predicted octanol–water partition coefficient (Wildman–Crippen LogP) is 6.97. The lowest BCUT2D eigenvalue weighted by molar-refractivity contribution is 0.253. The Morgan fingerprint density at radius 3 is 2.50 bits per heavy atom. The standard InChI is InChI=1S/C31H27N5/c1-20-7-4-8-22(19-20)27-28(21-12-14-23(15-13-21)31(32)16-6-17-31)36-26-11-5-18-33-29(26)34-25-10-3-2-9-24(25)30(36)35-27/h2-5,7-15,18-19H,6,16-17,32H2,1H3,(H,33,34). The Bertz CT molecular complexity index is 1610. The maximum atomic E-state index is 6.64. The monoisotopic (exact) mass is 469 g/mol. The van der Waals surface area contributed by atoms with Crippen LogP contribution < -0.4 is 11.1 Å². The van der Waals surface area contributed by atoms with Gasteiger partial charge in [-0.15, -0.1) is 0 Å². The van der Waals surface area contributed by atoms with Gasteiger partial charge in [0.25, 0.3) is 0 Å². The molecular weight excluding hydrogens is 442 g/mol. The van der Waals surface area contributed by atoms with Crippen LogP contribution in [0, 0.1) is 6.92 Å². The Balaban J connectivity index is 1.54. The van der Waals surface area contributed by atoms with Crippen LogP contribution in [-0.4, -0.2) is 14.5 Å². The van der Waals surface area contributed by atoms with Crippen molar-refractivity contribution in [3.05, 3.63) is 102 Å². The molecule has 5 heteroatoms. The second kappa shape index (κ2) is 7.90. The third kappa shape index (κ3) is 3.20. The van der Waals surface area contributed by atoms with Crippen LogP contribution in [0.15, 0.2) is 91.1 Å². The van der Waals surface area contributed by atoms with Crippen molar-refractivity contribution in [1.82, 2.24) is 14.5 Å². The second-order valence-corrected chi connectivity index (χ2v) is 9.97. The maximum Gasteiger partial charge on any atom is 0.154 e. The van der Waals surface area contributed by atoms with Gasteiger partial charge in [0.1, 0.15) is 5.82 Å². The Hall–Kier alpha value is -4.22. The Morgan fingerprint density at radius 2 is 1.72 bits per heavy atom. The molecule has 0 saturated heterocycles. The molecule has 7 rings (SSSR count). The number of hydrogen-bond acceptors (Lipinski definition) is 4. The minimum Gasteiger partial charge on any atom is -0.338 e. The Labute approximate surface area is 210 Å². The number of hydrogen-bond donors (Lipinski definition) is 2. The largest absolute Gasteiger partial charge is 0.338 e. The smallest absolute Gasteiger partial charge is 0.154 e. The van der Waals surface area contributed by atoms with Crippen molar-refractivity contribution in [2.75, 3.05) is 5.32 Å². The highest BCUT2D eigenvalue weighted by Gasteiger charge is 2.34. The van der Waals surface area contributed by atoms with E-state index in [2.05, 4.69) is 89.6 Å². The molecule has 0 amide bonds. The molecule has 1 aliphatic heterocycles. The fraction of sp³-hybridized carbons (Fsp3) is 0.161. The number of aromatic nitrogens is 3. The molecule has 3 N–H and O–H groups in total. The van der Waals surface area contributed by atoms with Gasteiger partial charge in [-0.25, -0.2) is 9.97 Å². The van der Waals surface area contributed by atoms with Crippen LogP contribution in [0.1, 0.15) is 30.4 Å². The highest BCUT2D eigenvalue weighted by Crippen LogP contribution is 2.45. The van der Waals surface area contributed by atoms with E-state index in [9.17, 15) is 0 Å². The molecule has 5 aromatic rings. The summed E-state index contributed by atoms with van der Waals surface area (Å²) in [4.78, 5) is 10.0. The highest BCUT2D eigenvalue weighted by molar-refractivity contribution is 5.90. The average molecular weight is 470 g/mol. The summed E-state index contributed by atoms with van der Waals surface area (Å²) in [6.45, 7) is 2.12. The van der Waals surface area contributed by atoms with Crippen LogP contribution in [0.5, 0.6) is 0 Å². The Morgan fingerprint density at radius 1 is 0.889 bits per heavy atom. The van der Waals surface area contributed by atoms with Gasteiger partial charge in [-0.3, -0.25) is 4.57 Å². The minimum atomic E-state index is -0.189. The number of para-hydroxylation sites is 1. The van der Waals surface area contributed by atoms with E-state index in [1.54, 1.807) is 0 Å². The summed E-state index contributed by atoms with van der Waals surface area (Å²) in [5.41, 5.74) is 16.1. The normalized spacial score (nSPS) is 15.1. The van der Waals surface area contributed by atoms with E-state index in [0.29, 0.717) is 0 Å². The van der Waals surface area contributed by atoms with Crippen molar-refractivity contribution in [3.63, 3.8) is 0 Å². The molecule has 3 heterocycles. The Kier molecular flexibility index (Phi) is 4.63. The zero-order valence-electron chi connectivity index (χ0n) is 20.2. The van der Waals surface area contributed by atoms with Crippen molar-refractivity contribution in [2.24, 2.45) is 5.73 Å².